The molecule has 1 aromatic heterocycles. The molecular formula is C13H13ClN4O2. The van der Waals surface area contributed by atoms with Crippen LogP contribution in [0.2, 0.25) is 5.02 Å². The molecule has 104 valence electrons. The summed E-state index contributed by atoms with van der Waals surface area (Å²) in [5, 5.41) is 3.83. The highest BCUT2D eigenvalue weighted by Gasteiger charge is 2.17. The minimum absolute atomic E-state index is 0.213. The lowest BCUT2D eigenvalue weighted by molar-refractivity contribution is -0.123. The van der Waals surface area contributed by atoms with E-state index in [4.69, 9.17) is 23.1 Å². The number of nitrogens with zero attached hydrogens (tertiary/aromatic N) is 1. The van der Waals surface area contributed by atoms with E-state index in [0.29, 0.717) is 21.6 Å². The third-order valence-corrected chi connectivity index (χ3v) is 3.04. The van der Waals surface area contributed by atoms with E-state index in [1.807, 2.05) is 0 Å². The Bertz CT molecular complexity index is 674. The van der Waals surface area contributed by atoms with E-state index in [1.54, 1.807) is 30.5 Å². The first-order valence-corrected chi connectivity index (χ1v) is 6.25. The average molecular weight is 293 g/mol. The predicted octanol–water partition coefficient (Wildman–Crippen LogP) is 1.03. The number of rotatable bonds is 4. The Morgan fingerprint density at radius 2 is 2.10 bits per heavy atom. The van der Waals surface area contributed by atoms with Gasteiger partial charge < -0.3 is 16.8 Å². The number of amides is 2. The number of hydrogen-bond acceptors (Lipinski definition) is 4. The molecule has 0 aliphatic carbocycles. The number of fused-ring (bicyclic) bond motifs is 1. The van der Waals surface area contributed by atoms with E-state index >= 15 is 0 Å². The van der Waals surface area contributed by atoms with Crippen LogP contribution < -0.4 is 16.8 Å². The molecule has 2 amide bonds. The Morgan fingerprint density at radius 1 is 1.35 bits per heavy atom. The van der Waals surface area contributed by atoms with Gasteiger partial charge in [0.2, 0.25) is 11.8 Å². The maximum atomic E-state index is 11.9. The van der Waals surface area contributed by atoms with Gasteiger partial charge in [-0.15, -0.1) is 0 Å². The van der Waals surface area contributed by atoms with Crippen molar-refractivity contribution < 1.29 is 9.59 Å². The molecule has 0 radical (unpaired) electrons. The summed E-state index contributed by atoms with van der Waals surface area (Å²) in [6.45, 7) is 0. The zero-order valence-electron chi connectivity index (χ0n) is 10.5. The quantitative estimate of drug-likeness (QED) is 0.781. The zero-order chi connectivity index (χ0) is 14.7. The first-order chi connectivity index (χ1) is 9.49. The predicted molar refractivity (Wildman–Crippen MR) is 77.2 cm³/mol. The van der Waals surface area contributed by atoms with Crippen LogP contribution in [0.1, 0.15) is 6.42 Å². The third kappa shape index (κ3) is 3.04. The fraction of sp³-hybridized carbons (Fsp3) is 0.154. The highest BCUT2D eigenvalue weighted by Crippen LogP contribution is 2.27. The summed E-state index contributed by atoms with van der Waals surface area (Å²) in [4.78, 5) is 26.8. The van der Waals surface area contributed by atoms with Gasteiger partial charge in [0.15, 0.2) is 0 Å². The lowest BCUT2D eigenvalue weighted by Gasteiger charge is -2.12. The summed E-state index contributed by atoms with van der Waals surface area (Å²) in [5.74, 6) is -1.12. The van der Waals surface area contributed by atoms with E-state index in [0.717, 1.165) is 0 Å². The fourth-order valence-corrected chi connectivity index (χ4v) is 2.00. The maximum absolute atomic E-state index is 11.9. The van der Waals surface area contributed by atoms with Gasteiger partial charge in [-0.2, -0.15) is 0 Å². The summed E-state index contributed by atoms with van der Waals surface area (Å²) in [7, 11) is 0. The largest absolute Gasteiger partial charge is 0.370 e. The Hall–Kier alpha value is -2.18. The molecule has 0 bridgehead atoms. The number of pyridine rings is 1. The minimum atomic E-state index is -0.991. The normalized spacial score (nSPS) is 12.1. The van der Waals surface area contributed by atoms with E-state index < -0.39 is 17.9 Å². The second-order valence-electron chi connectivity index (χ2n) is 4.26. The number of halogens is 1. The molecule has 0 aliphatic rings. The number of anilines is 1. The number of benzene rings is 1. The molecular weight excluding hydrogens is 280 g/mol. The molecule has 2 aromatic rings. The number of primary amides is 1. The summed E-state index contributed by atoms with van der Waals surface area (Å²) in [6.07, 6.45) is 1.40. The number of hydrogen-bond donors (Lipinski definition) is 3. The molecule has 1 unspecified atom stereocenters. The summed E-state index contributed by atoms with van der Waals surface area (Å²) < 4.78 is 0. The lowest BCUT2D eigenvalue weighted by atomic mass is 10.1. The first-order valence-electron chi connectivity index (χ1n) is 5.87. The second kappa shape index (κ2) is 5.85. The second-order valence-corrected chi connectivity index (χ2v) is 4.67. The number of carbonyl (C=O) groups is 2. The molecule has 6 nitrogen and oxygen atoms in total. The monoisotopic (exact) mass is 292 g/mol. The van der Waals surface area contributed by atoms with Crippen LogP contribution in [-0.4, -0.2) is 22.8 Å². The number of nitrogens with two attached hydrogens (primary N) is 2. The topological polar surface area (TPSA) is 111 Å². The number of aromatic nitrogens is 1. The molecule has 1 aromatic carbocycles. The highest BCUT2D eigenvalue weighted by molar-refractivity contribution is 6.35. The van der Waals surface area contributed by atoms with Crippen molar-refractivity contribution in [2.45, 2.75) is 12.5 Å². The molecule has 20 heavy (non-hydrogen) atoms. The van der Waals surface area contributed by atoms with Gasteiger partial charge in [-0.25, -0.2) is 0 Å². The van der Waals surface area contributed by atoms with Gasteiger partial charge in [-0.05, 0) is 24.3 Å². The van der Waals surface area contributed by atoms with E-state index in [9.17, 15) is 9.59 Å². The SMILES string of the molecule is NC(=O)CC(N)C(=O)Nc1ccc(Cl)c2ncccc12. The van der Waals surface area contributed by atoms with Crippen LogP contribution in [0.4, 0.5) is 5.69 Å². The Morgan fingerprint density at radius 3 is 2.80 bits per heavy atom. The van der Waals surface area contributed by atoms with Crippen molar-refractivity contribution in [3.8, 4) is 0 Å². The van der Waals surface area contributed by atoms with Crippen molar-refractivity contribution >= 4 is 40.0 Å². The molecule has 0 saturated carbocycles. The van der Waals surface area contributed by atoms with Gasteiger partial charge in [0, 0.05) is 11.6 Å². The van der Waals surface area contributed by atoms with E-state index in [1.165, 1.54) is 0 Å². The van der Waals surface area contributed by atoms with Gasteiger partial charge in [-0.1, -0.05) is 11.6 Å². The number of carbonyl (C=O) groups excluding carboxylic acids is 2. The highest BCUT2D eigenvalue weighted by atomic mass is 35.5. The average Bonchev–Trinajstić information content (AvgIpc) is 2.41. The zero-order valence-corrected chi connectivity index (χ0v) is 11.2. The summed E-state index contributed by atoms with van der Waals surface area (Å²) in [5.41, 5.74) is 11.7. The molecule has 0 saturated heterocycles. The fourth-order valence-electron chi connectivity index (χ4n) is 1.78. The van der Waals surface area contributed by atoms with Crippen molar-refractivity contribution in [2.24, 2.45) is 11.5 Å². The van der Waals surface area contributed by atoms with Crippen LogP contribution in [-0.2, 0) is 9.59 Å². The van der Waals surface area contributed by atoms with Crippen LogP contribution in [0.15, 0.2) is 30.5 Å². The van der Waals surface area contributed by atoms with Crippen molar-refractivity contribution in [3.63, 3.8) is 0 Å². The van der Waals surface area contributed by atoms with Gasteiger partial charge in [0.05, 0.1) is 28.7 Å². The lowest BCUT2D eigenvalue weighted by Crippen LogP contribution is -2.39. The smallest absolute Gasteiger partial charge is 0.241 e. The van der Waals surface area contributed by atoms with E-state index in [2.05, 4.69) is 10.3 Å². The van der Waals surface area contributed by atoms with Gasteiger partial charge in [0.25, 0.3) is 0 Å². The molecule has 0 fully saturated rings. The Kier molecular flexibility index (Phi) is 4.16. The minimum Gasteiger partial charge on any atom is -0.370 e. The van der Waals surface area contributed by atoms with Gasteiger partial charge >= 0.3 is 0 Å². The Labute approximate surface area is 120 Å². The van der Waals surface area contributed by atoms with Crippen LogP contribution in [0.3, 0.4) is 0 Å². The third-order valence-electron chi connectivity index (χ3n) is 2.74. The van der Waals surface area contributed by atoms with Crippen LogP contribution in [0.25, 0.3) is 10.9 Å². The van der Waals surface area contributed by atoms with Crippen molar-refractivity contribution in [1.82, 2.24) is 4.98 Å². The van der Waals surface area contributed by atoms with Crippen LogP contribution >= 0.6 is 11.6 Å². The molecule has 5 N–H and O–H groups in total. The summed E-state index contributed by atoms with van der Waals surface area (Å²) in [6, 6.07) is 5.81. The van der Waals surface area contributed by atoms with Crippen molar-refractivity contribution in [1.29, 1.82) is 0 Å². The Balaban J connectivity index is 2.28. The molecule has 1 atom stereocenters. The standard InChI is InChI=1S/C13H13ClN4O2/c14-8-3-4-10(7-2-1-5-17-12(7)8)18-13(20)9(15)6-11(16)19/h1-5,9H,6,15H2,(H2,16,19)(H,18,20). The van der Waals surface area contributed by atoms with Gasteiger partial charge in [-0.3, -0.25) is 14.6 Å². The summed E-state index contributed by atoms with van der Waals surface area (Å²) >= 11 is 6.04. The molecule has 0 spiro atoms. The maximum Gasteiger partial charge on any atom is 0.241 e. The molecule has 7 heteroatoms. The van der Waals surface area contributed by atoms with Gasteiger partial charge in [0.1, 0.15) is 0 Å². The number of nitrogens with one attached hydrogen (secondary N) is 1. The van der Waals surface area contributed by atoms with Crippen molar-refractivity contribution in [3.05, 3.63) is 35.5 Å². The van der Waals surface area contributed by atoms with Crippen molar-refractivity contribution in [2.75, 3.05) is 5.32 Å². The molecule has 0 aliphatic heterocycles. The molecule has 2 rings (SSSR count). The molecule has 1 heterocycles. The van der Waals surface area contributed by atoms with Crippen LogP contribution in [0, 0.1) is 0 Å². The van der Waals surface area contributed by atoms with E-state index in [-0.39, 0.29) is 6.42 Å². The first kappa shape index (κ1) is 14.2. The van der Waals surface area contributed by atoms with Crippen LogP contribution in [0.5, 0.6) is 0 Å².